The molecule has 0 aliphatic carbocycles. The van der Waals surface area contributed by atoms with E-state index in [0.717, 1.165) is 6.42 Å². The second-order valence-corrected chi connectivity index (χ2v) is 5.95. The minimum atomic E-state index is -0.0832. The highest BCUT2D eigenvalue weighted by Gasteiger charge is 2.15. The molecular weight excluding hydrogens is 463 g/mol. The Kier molecular flexibility index (Phi) is 11.6. The third-order valence-electron chi connectivity index (χ3n) is 3.79. The van der Waals surface area contributed by atoms with Crippen molar-refractivity contribution in [2.75, 3.05) is 47.3 Å². The first-order valence-corrected chi connectivity index (χ1v) is 8.44. The number of halogens is 1. The van der Waals surface area contributed by atoms with Crippen molar-refractivity contribution in [3.63, 3.8) is 0 Å². The van der Waals surface area contributed by atoms with Crippen LogP contribution in [-0.2, 0) is 4.79 Å². The monoisotopic (exact) mass is 494 g/mol. The molecule has 0 radical (unpaired) electrons. The molecule has 8 nitrogen and oxygen atoms in total. The van der Waals surface area contributed by atoms with Crippen LogP contribution in [0.25, 0.3) is 0 Å². The van der Waals surface area contributed by atoms with E-state index in [0.29, 0.717) is 28.9 Å². The highest BCUT2D eigenvalue weighted by Crippen LogP contribution is 2.39. The molecule has 1 atom stereocenters. The van der Waals surface area contributed by atoms with Gasteiger partial charge in [-0.1, -0.05) is 6.92 Å². The molecule has 0 spiro atoms. The van der Waals surface area contributed by atoms with Crippen LogP contribution in [-0.4, -0.2) is 64.8 Å². The Bertz CT molecular complexity index is 613. The van der Waals surface area contributed by atoms with Crippen LogP contribution < -0.4 is 24.8 Å². The fourth-order valence-corrected chi connectivity index (χ4v) is 2.03. The molecule has 0 aliphatic rings. The van der Waals surface area contributed by atoms with Gasteiger partial charge in [0.15, 0.2) is 17.5 Å². The zero-order valence-corrected chi connectivity index (χ0v) is 19.4. The van der Waals surface area contributed by atoms with Gasteiger partial charge in [-0.2, -0.15) is 0 Å². The SMILES string of the molecule is CCC(C)NC(=NCC(=O)N(C)C)Nc1cc(OC)c(OC)c(OC)c1.I. The van der Waals surface area contributed by atoms with Crippen molar-refractivity contribution in [2.24, 2.45) is 4.99 Å². The lowest BCUT2D eigenvalue weighted by atomic mass is 10.2. The fourth-order valence-electron chi connectivity index (χ4n) is 2.03. The topological polar surface area (TPSA) is 84.4 Å². The van der Waals surface area contributed by atoms with Crippen molar-refractivity contribution < 1.29 is 19.0 Å². The Morgan fingerprint density at radius 2 is 1.70 bits per heavy atom. The normalized spacial score (nSPS) is 11.7. The lowest BCUT2D eigenvalue weighted by Crippen LogP contribution is -2.38. The maximum Gasteiger partial charge on any atom is 0.243 e. The van der Waals surface area contributed by atoms with Gasteiger partial charge in [0.25, 0.3) is 0 Å². The van der Waals surface area contributed by atoms with Crippen LogP contribution in [0.1, 0.15) is 20.3 Å². The lowest BCUT2D eigenvalue weighted by Gasteiger charge is -2.19. The third-order valence-corrected chi connectivity index (χ3v) is 3.79. The van der Waals surface area contributed by atoms with Crippen LogP contribution in [0.5, 0.6) is 17.2 Å². The van der Waals surface area contributed by atoms with E-state index in [-0.39, 0.29) is 42.5 Å². The summed E-state index contributed by atoms with van der Waals surface area (Å²) in [5.74, 6) is 1.99. The van der Waals surface area contributed by atoms with Crippen LogP contribution in [0.2, 0.25) is 0 Å². The number of hydrogen-bond acceptors (Lipinski definition) is 5. The van der Waals surface area contributed by atoms with Gasteiger partial charge in [0, 0.05) is 38.0 Å². The Morgan fingerprint density at radius 3 is 2.11 bits per heavy atom. The fraction of sp³-hybridized carbons (Fsp3) is 0.556. The number of benzene rings is 1. The van der Waals surface area contributed by atoms with E-state index >= 15 is 0 Å². The summed E-state index contributed by atoms with van der Waals surface area (Å²) in [5.41, 5.74) is 0.700. The van der Waals surface area contributed by atoms with Crippen molar-refractivity contribution in [1.82, 2.24) is 10.2 Å². The van der Waals surface area contributed by atoms with Crippen molar-refractivity contribution in [3.8, 4) is 17.2 Å². The van der Waals surface area contributed by atoms with Crippen LogP contribution in [0.15, 0.2) is 17.1 Å². The maximum atomic E-state index is 11.8. The molecule has 1 aromatic rings. The zero-order chi connectivity index (χ0) is 19.7. The van der Waals surface area contributed by atoms with Crippen molar-refractivity contribution in [3.05, 3.63) is 12.1 Å². The first-order valence-electron chi connectivity index (χ1n) is 8.44. The van der Waals surface area contributed by atoms with E-state index in [1.807, 2.05) is 6.92 Å². The van der Waals surface area contributed by atoms with Gasteiger partial charge in [-0.3, -0.25) is 4.79 Å². The molecule has 2 N–H and O–H groups in total. The van der Waals surface area contributed by atoms with Gasteiger partial charge in [-0.15, -0.1) is 24.0 Å². The summed E-state index contributed by atoms with van der Waals surface area (Å²) in [6, 6.07) is 3.75. The molecule has 1 rings (SSSR count). The van der Waals surface area contributed by atoms with E-state index in [1.54, 1.807) is 47.6 Å². The predicted molar refractivity (Wildman–Crippen MR) is 119 cm³/mol. The van der Waals surface area contributed by atoms with Crippen LogP contribution in [0.4, 0.5) is 5.69 Å². The van der Waals surface area contributed by atoms with Crippen molar-refractivity contribution in [2.45, 2.75) is 26.3 Å². The highest BCUT2D eigenvalue weighted by molar-refractivity contribution is 14.0. The van der Waals surface area contributed by atoms with Crippen LogP contribution >= 0.6 is 24.0 Å². The number of carbonyl (C=O) groups excluding carboxylic acids is 1. The number of carbonyl (C=O) groups is 1. The van der Waals surface area contributed by atoms with Crippen molar-refractivity contribution in [1.29, 1.82) is 0 Å². The number of anilines is 1. The van der Waals surface area contributed by atoms with E-state index in [4.69, 9.17) is 14.2 Å². The van der Waals surface area contributed by atoms with Gasteiger partial charge in [0.05, 0.1) is 21.3 Å². The molecule has 0 fully saturated rings. The highest BCUT2D eigenvalue weighted by atomic mass is 127. The molecule has 0 saturated heterocycles. The molecule has 0 aromatic heterocycles. The number of ether oxygens (including phenoxy) is 3. The average Bonchev–Trinajstić information content (AvgIpc) is 2.64. The number of amides is 1. The summed E-state index contributed by atoms with van der Waals surface area (Å²) < 4.78 is 16.1. The van der Waals surface area contributed by atoms with Crippen LogP contribution in [0.3, 0.4) is 0 Å². The second kappa shape index (κ2) is 12.5. The van der Waals surface area contributed by atoms with Gasteiger partial charge in [-0.25, -0.2) is 4.99 Å². The molecule has 1 amide bonds. The minimum absolute atomic E-state index is 0. The van der Waals surface area contributed by atoms with Crippen LogP contribution in [0, 0.1) is 0 Å². The smallest absolute Gasteiger partial charge is 0.243 e. The quantitative estimate of drug-likeness (QED) is 0.329. The average molecular weight is 494 g/mol. The van der Waals surface area contributed by atoms with E-state index in [1.165, 1.54) is 4.90 Å². The first-order chi connectivity index (χ1) is 12.4. The van der Waals surface area contributed by atoms with E-state index in [9.17, 15) is 4.79 Å². The van der Waals surface area contributed by atoms with E-state index < -0.39 is 0 Å². The summed E-state index contributed by atoms with van der Waals surface area (Å²) in [6.07, 6.45) is 0.914. The summed E-state index contributed by atoms with van der Waals surface area (Å²) in [4.78, 5) is 17.7. The first kappa shape index (κ1) is 25.1. The standard InChI is InChI=1S/C18H30N4O4.HI/c1-8-12(2)20-18(19-11-16(23)22(3)4)21-13-9-14(24-5)17(26-7)15(10-13)25-6;/h9-10,12H,8,11H2,1-7H3,(H2,19,20,21);1H. The Balaban J connectivity index is 0.00000676. The molecule has 0 aliphatic heterocycles. The molecule has 27 heavy (non-hydrogen) atoms. The molecule has 9 heteroatoms. The maximum absolute atomic E-state index is 11.8. The number of nitrogens with zero attached hydrogens (tertiary/aromatic N) is 2. The molecule has 0 bridgehead atoms. The Hall–Kier alpha value is -1.91. The zero-order valence-electron chi connectivity index (χ0n) is 17.1. The molecular formula is C18H31IN4O4. The number of guanidine groups is 1. The van der Waals surface area contributed by atoms with Gasteiger partial charge in [-0.05, 0) is 13.3 Å². The van der Waals surface area contributed by atoms with Crippen molar-refractivity contribution >= 4 is 41.5 Å². The number of aliphatic imine (C=N–C) groups is 1. The molecule has 0 heterocycles. The molecule has 154 valence electrons. The largest absolute Gasteiger partial charge is 0.493 e. The Labute approximate surface area is 178 Å². The second-order valence-electron chi connectivity index (χ2n) is 5.95. The predicted octanol–water partition coefficient (Wildman–Crippen LogP) is 2.57. The summed E-state index contributed by atoms with van der Waals surface area (Å²) in [5, 5.41) is 6.46. The molecule has 0 saturated carbocycles. The number of nitrogens with one attached hydrogen (secondary N) is 2. The number of hydrogen-bond donors (Lipinski definition) is 2. The number of rotatable bonds is 8. The molecule has 1 aromatic carbocycles. The Morgan fingerprint density at radius 1 is 1.15 bits per heavy atom. The number of methoxy groups -OCH3 is 3. The summed E-state index contributed by atoms with van der Waals surface area (Å²) in [7, 11) is 8.07. The summed E-state index contributed by atoms with van der Waals surface area (Å²) in [6.45, 7) is 4.16. The van der Waals surface area contributed by atoms with Gasteiger partial charge < -0.3 is 29.7 Å². The lowest BCUT2D eigenvalue weighted by molar-refractivity contribution is -0.127. The number of likely N-dealkylation sites (N-methyl/N-ethyl adjacent to an activating group) is 1. The van der Waals surface area contributed by atoms with Gasteiger partial charge in [0.2, 0.25) is 11.7 Å². The van der Waals surface area contributed by atoms with Gasteiger partial charge >= 0.3 is 0 Å². The molecule has 1 unspecified atom stereocenters. The minimum Gasteiger partial charge on any atom is -0.493 e. The van der Waals surface area contributed by atoms with E-state index in [2.05, 4.69) is 22.5 Å². The van der Waals surface area contributed by atoms with Gasteiger partial charge in [0.1, 0.15) is 6.54 Å². The third kappa shape index (κ3) is 7.69. The summed E-state index contributed by atoms with van der Waals surface area (Å²) >= 11 is 0.